The molecule has 0 radical (unpaired) electrons. The highest BCUT2D eigenvalue weighted by Crippen LogP contribution is 2.04. The third-order valence-corrected chi connectivity index (χ3v) is 2.90. The highest BCUT2D eigenvalue weighted by molar-refractivity contribution is 5.69. The first-order chi connectivity index (χ1) is 12.6. The van der Waals surface area contributed by atoms with E-state index in [-0.39, 0.29) is 24.1 Å². The number of hydrogen-bond acceptors (Lipinski definition) is 4. The van der Waals surface area contributed by atoms with E-state index in [0.29, 0.717) is 9.13 Å². The van der Waals surface area contributed by atoms with Gasteiger partial charge in [-0.15, -0.1) is 0 Å². The molecule has 0 bridgehead atoms. The normalized spacial score (nSPS) is 20.9. The third-order valence-electron chi connectivity index (χ3n) is 2.90. The smallest absolute Gasteiger partial charge is 0.332 e. The summed E-state index contributed by atoms with van der Waals surface area (Å²) >= 11 is 0. The Balaban J connectivity index is 2.42. The van der Waals surface area contributed by atoms with Gasteiger partial charge in [0, 0.05) is 31.5 Å². The van der Waals surface area contributed by atoms with Gasteiger partial charge < -0.3 is 9.67 Å². The van der Waals surface area contributed by atoms with E-state index >= 15 is 0 Å². The van der Waals surface area contributed by atoms with Crippen LogP contribution in [0.4, 0.5) is 0 Å². The lowest BCUT2D eigenvalue weighted by Crippen LogP contribution is -2.39. The van der Waals surface area contributed by atoms with Crippen molar-refractivity contribution in [1.29, 1.82) is 0 Å². The molecule has 1 atom stereocenters. The van der Waals surface area contributed by atoms with E-state index in [1.807, 2.05) is 0 Å². The summed E-state index contributed by atoms with van der Waals surface area (Å²) in [6.45, 7) is -6.19. The number of imidazole rings is 1. The van der Waals surface area contributed by atoms with Crippen molar-refractivity contribution < 1.29 is 16.1 Å². The number of nitrogens with zero attached hydrogens (tertiary/aromatic N) is 4. The van der Waals surface area contributed by atoms with Gasteiger partial charge >= 0.3 is 5.69 Å². The Morgan fingerprint density at radius 3 is 3.00 bits per heavy atom. The SMILES string of the molecule is [2H]C([2H])([2H])C(O)C([2H])([2H])CCCn1c(=O)c2c(ncn2C)n(C([2H])([2H])[2H])c1=O. The van der Waals surface area contributed by atoms with Gasteiger partial charge in [0.05, 0.1) is 12.4 Å². The Bertz CT molecular complexity index is 985. The minimum Gasteiger partial charge on any atom is -0.393 e. The fourth-order valence-corrected chi connectivity index (χ4v) is 1.93. The molecule has 0 fully saturated rings. The van der Waals surface area contributed by atoms with Gasteiger partial charge in [-0.2, -0.15) is 0 Å². The van der Waals surface area contributed by atoms with Crippen molar-refractivity contribution >= 4 is 11.2 Å². The molecular formula is C13H20N4O3. The number of aromatic nitrogens is 4. The molecule has 0 aliphatic rings. The van der Waals surface area contributed by atoms with Crippen LogP contribution in [-0.2, 0) is 20.6 Å². The van der Waals surface area contributed by atoms with E-state index in [1.54, 1.807) is 0 Å². The fraction of sp³-hybridized carbons (Fsp3) is 0.615. The van der Waals surface area contributed by atoms with E-state index in [0.717, 1.165) is 0 Å². The van der Waals surface area contributed by atoms with Crippen LogP contribution in [0.5, 0.6) is 0 Å². The molecule has 0 spiro atoms. The van der Waals surface area contributed by atoms with Gasteiger partial charge in [-0.1, -0.05) is 0 Å². The maximum Gasteiger partial charge on any atom is 0.332 e. The van der Waals surface area contributed by atoms with Crippen LogP contribution in [0, 0.1) is 0 Å². The first-order valence-corrected chi connectivity index (χ1v) is 5.94. The average molecular weight is 288 g/mol. The molecule has 0 aliphatic heterocycles. The Morgan fingerprint density at radius 2 is 2.30 bits per heavy atom. The fourth-order valence-electron chi connectivity index (χ4n) is 1.93. The maximum atomic E-state index is 12.6. The van der Waals surface area contributed by atoms with Gasteiger partial charge in [0.25, 0.3) is 5.56 Å². The molecule has 2 aromatic rings. The van der Waals surface area contributed by atoms with Crippen LogP contribution in [0.25, 0.3) is 11.2 Å². The van der Waals surface area contributed by atoms with Crippen molar-refractivity contribution in [2.75, 3.05) is 0 Å². The van der Waals surface area contributed by atoms with E-state index in [9.17, 15) is 14.7 Å². The number of aryl methyl sites for hydroxylation is 2. The van der Waals surface area contributed by atoms with Crippen molar-refractivity contribution in [1.82, 2.24) is 18.7 Å². The summed E-state index contributed by atoms with van der Waals surface area (Å²) in [4.78, 5) is 29.0. The first kappa shape index (κ1) is 7.21. The second kappa shape index (κ2) is 5.62. The largest absolute Gasteiger partial charge is 0.393 e. The average Bonchev–Trinajstić information content (AvgIpc) is 2.89. The summed E-state index contributed by atoms with van der Waals surface area (Å²) in [6.07, 6.45) is -4.18. The van der Waals surface area contributed by atoms with Crippen LogP contribution >= 0.6 is 0 Å². The second-order valence-corrected chi connectivity index (χ2v) is 4.31. The standard InChI is InChI=1S/C13H20N4O3/c1-9(18)6-4-5-7-17-12(19)10-11(14-8-15(10)2)16(3)13(17)20/h8-9,18H,4-7H2,1-3H3/i1D3,3D3,6D2. The lowest BCUT2D eigenvalue weighted by Gasteiger charge is -2.09. The van der Waals surface area contributed by atoms with Gasteiger partial charge in [-0.3, -0.25) is 13.9 Å². The molecule has 2 rings (SSSR count). The van der Waals surface area contributed by atoms with Crippen LogP contribution in [0.15, 0.2) is 15.9 Å². The van der Waals surface area contributed by atoms with Crippen molar-refractivity contribution in [3.05, 3.63) is 27.2 Å². The lowest BCUT2D eigenvalue weighted by atomic mass is 10.2. The van der Waals surface area contributed by atoms with Gasteiger partial charge in [0.15, 0.2) is 11.2 Å². The molecule has 0 aromatic carbocycles. The highest BCUT2D eigenvalue weighted by atomic mass is 16.3. The number of hydrogen-bond donors (Lipinski definition) is 1. The molecule has 0 aliphatic carbocycles. The molecule has 2 heterocycles. The minimum absolute atomic E-state index is 0.110. The lowest BCUT2D eigenvalue weighted by molar-refractivity contribution is 0.180. The molecule has 7 nitrogen and oxygen atoms in total. The molecule has 7 heteroatoms. The number of rotatable bonds is 5. The number of aliphatic hydroxyl groups excluding tert-OH is 1. The Hall–Kier alpha value is -1.89. The molecule has 1 N–H and O–H groups in total. The molecule has 1 unspecified atom stereocenters. The summed E-state index contributed by atoms with van der Waals surface area (Å²) in [5.74, 6) is 0. The maximum absolute atomic E-state index is 12.6. The molecule has 0 saturated heterocycles. The molecule has 110 valence electrons. The predicted octanol–water partition coefficient (Wildman–Crippen LogP) is -0.0152. The molecule has 0 amide bonds. The van der Waals surface area contributed by atoms with Gasteiger partial charge in [-0.05, 0) is 26.1 Å². The van der Waals surface area contributed by atoms with E-state index in [2.05, 4.69) is 4.98 Å². The van der Waals surface area contributed by atoms with Gasteiger partial charge in [-0.25, -0.2) is 9.78 Å². The van der Waals surface area contributed by atoms with Crippen LogP contribution < -0.4 is 11.2 Å². The molecule has 2 aromatic heterocycles. The van der Waals surface area contributed by atoms with Gasteiger partial charge in [0.1, 0.15) is 0 Å². The third kappa shape index (κ3) is 2.53. The quantitative estimate of drug-likeness (QED) is 0.838. The van der Waals surface area contributed by atoms with E-state index in [1.165, 1.54) is 17.9 Å². The van der Waals surface area contributed by atoms with Crippen LogP contribution in [-0.4, -0.2) is 29.9 Å². The zero-order chi connectivity index (χ0) is 21.7. The second-order valence-electron chi connectivity index (χ2n) is 4.31. The van der Waals surface area contributed by atoms with Crippen molar-refractivity contribution in [3.63, 3.8) is 0 Å². The predicted molar refractivity (Wildman–Crippen MR) is 75.7 cm³/mol. The van der Waals surface area contributed by atoms with Crippen LogP contribution in [0.2, 0.25) is 0 Å². The minimum atomic E-state index is -2.93. The topological polar surface area (TPSA) is 82.1 Å². The summed E-state index contributed by atoms with van der Waals surface area (Å²) in [5, 5.41) is 9.66. The van der Waals surface area contributed by atoms with Crippen LogP contribution in [0.3, 0.4) is 0 Å². The van der Waals surface area contributed by atoms with E-state index in [4.69, 9.17) is 11.0 Å². The number of aliphatic hydroxyl groups is 1. The van der Waals surface area contributed by atoms with Gasteiger partial charge in [0.2, 0.25) is 0 Å². The Labute approximate surface area is 127 Å². The van der Waals surface area contributed by atoms with Crippen LogP contribution in [0.1, 0.15) is 37.0 Å². The Morgan fingerprint density at radius 1 is 1.50 bits per heavy atom. The molecular weight excluding hydrogens is 260 g/mol. The van der Waals surface area contributed by atoms with Crippen molar-refractivity contribution in [2.24, 2.45) is 14.0 Å². The first-order valence-electron chi connectivity index (χ1n) is 9.94. The van der Waals surface area contributed by atoms with Crippen molar-refractivity contribution in [2.45, 2.75) is 38.7 Å². The zero-order valence-corrected chi connectivity index (χ0v) is 10.8. The summed E-state index contributed by atoms with van der Waals surface area (Å²) in [7, 11) is 1.46. The summed E-state index contributed by atoms with van der Waals surface area (Å²) in [5.41, 5.74) is -2.33. The van der Waals surface area contributed by atoms with E-state index < -0.39 is 44.0 Å². The Kier molecular flexibility index (Phi) is 2.03. The summed E-state index contributed by atoms with van der Waals surface area (Å²) < 4.78 is 61.8. The summed E-state index contributed by atoms with van der Waals surface area (Å²) in [6, 6.07) is 0. The highest BCUT2D eigenvalue weighted by Gasteiger charge is 2.14. The zero-order valence-electron chi connectivity index (χ0n) is 18.8. The number of fused-ring (bicyclic) bond motifs is 1. The monoisotopic (exact) mass is 288 g/mol. The van der Waals surface area contributed by atoms with Crippen molar-refractivity contribution in [3.8, 4) is 0 Å². The molecule has 20 heavy (non-hydrogen) atoms. The molecule has 0 saturated carbocycles.